The normalized spacial score (nSPS) is 20.9. The Bertz CT molecular complexity index is 636. The average molecular weight is 346 g/mol. The van der Waals surface area contributed by atoms with Crippen LogP contribution >= 0.6 is 0 Å². The highest BCUT2D eigenvalue weighted by atomic mass is 16.5. The number of rotatable bonds is 6. The van der Waals surface area contributed by atoms with Gasteiger partial charge in [-0.25, -0.2) is 0 Å². The number of anilines is 1. The lowest BCUT2D eigenvalue weighted by atomic mass is 9.85. The summed E-state index contributed by atoms with van der Waals surface area (Å²) < 4.78 is 5.81. The summed E-state index contributed by atoms with van der Waals surface area (Å²) in [5.74, 6) is 0.719. The Morgan fingerprint density at radius 3 is 2.76 bits per heavy atom. The van der Waals surface area contributed by atoms with Crippen molar-refractivity contribution in [2.24, 2.45) is 0 Å². The maximum Gasteiger partial charge on any atom is 0.234 e. The molecule has 0 bridgehead atoms. The van der Waals surface area contributed by atoms with Gasteiger partial charge in [-0.05, 0) is 56.9 Å². The van der Waals surface area contributed by atoms with E-state index in [0.717, 1.165) is 16.8 Å². The molecule has 3 rings (SSSR count). The molecule has 5 heteroatoms. The second-order valence-corrected chi connectivity index (χ2v) is 7.95. The van der Waals surface area contributed by atoms with Crippen LogP contribution in [0.25, 0.3) is 0 Å². The molecule has 1 fully saturated rings. The van der Waals surface area contributed by atoms with Gasteiger partial charge in [0.05, 0.1) is 5.41 Å². The van der Waals surface area contributed by atoms with Gasteiger partial charge in [0.1, 0.15) is 18.5 Å². The van der Waals surface area contributed by atoms with Gasteiger partial charge >= 0.3 is 0 Å². The summed E-state index contributed by atoms with van der Waals surface area (Å²) in [6.07, 6.45) is 5.75. The van der Waals surface area contributed by atoms with Crippen LogP contribution in [0.1, 0.15) is 57.1 Å². The number of carbonyl (C=O) groups excluding carboxylic acids is 1. The van der Waals surface area contributed by atoms with Crippen molar-refractivity contribution in [2.45, 2.75) is 70.4 Å². The molecular weight excluding hydrogens is 316 g/mol. The number of benzene rings is 1. The summed E-state index contributed by atoms with van der Waals surface area (Å²) in [7, 11) is 0. The highest BCUT2D eigenvalue weighted by Crippen LogP contribution is 2.41. The minimum atomic E-state index is -0.555. The Labute approximate surface area is 150 Å². The Morgan fingerprint density at radius 2 is 2.04 bits per heavy atom. The molecule has 1 aliphatic heterocycles. The fraction of sp³-hybridized carbons (Fsp3) is 0.650. The van der Waals surface area contributed by atoms with E-state index in [-0.39, 0.29) is 12.5 Å². The maximum absolute atomic E-state index is 12.1. The predicted molar refractivity (Wildman–Crippen MR) is 99.2 cm³/mol. The van der Waals surface area contributed by atoms with Gasteiger partial charge < -0.3 is 20.5 Å². The maximum atomic E-state index is 12.1. The zero-order valence-electron chi connectivity index (χ0n) is 15.5. The zero-order valence-corrected chi connectivity index (χ0v) is 15.5. The molecule has 138 valence electrons. The molecule has 0 saturated heterocycles. The Kier molecular flexibility index (Phi) is 5.35. The predicted octanol–water partition coefficient (Wildman–Crippen LogP) is 2.89. The van der Waals surface area contributed by atoms with Crippen LogP contribution in [0.4, 0.5) is 5.69 Å². The molecule has 1 atom stereocenters. The van der Waals surface area contributed by atoms with Crippen LogP contribution in [-0.4, -0.2) is 36.3 Å². The van der Waals surface area contributed by atoms with E-state index in [1.807, 2.05) is 32.9 Å². The molecule has 1 saturated carbocycles. The lowest BCUT2D eigenvalue weighted by molar-refractivity contribution is -0.119. The van der Waals surface area contributed by atoms with Gasteiger partial charge in [0.15, 0.2) is 0 Å². The fourth-order valence-electron chi connectivity index (χ4n) is 3.75. The van der Waals surface area contributed by atoms with Gasteiger partial charge in [-0.15, -0.1) is 0 Å². The quantitative estimate of drug-likeness (QED) is 0.741. The van der Waals surface area contributed by atoms with Crippen LogP contribution in [0.15, 0.2) is 12.1 Å². The van der Waals surface area contributed by atoms with Crippen molar-refractivity contribution in [3.8, 4) is 5.75 Å². The first-order chi connectivity index (χ1) is 11.9. The SMILES string of the molecule is Cc1cc(OCC(O)CNC2CCCCC2)cc2c1NC(=O)C2(C)C. The van der Waals surface area contributed by atoms with Gasteiger partial charge in [-0.1, -0.05) is 19.3 Å². The third-order valence-electron chi connectivity index (χ3n) is 5.48. The molecule has 25 heavy (non-hydrogen) atoms. The van der Waals surface area contributed by atoms with Crippen LogP contribution in [-0.2, 0) is 10.2 Å². The lowest BCUT2D eigenvalue weighted by Gasteiger charge is -2.24. The summed E-state index contributed by atoms with van der Waals surface area (Å²) >= 11 is 0. The summed E-state index contributed by atoms with van der Waals surface area (Å²) in [4.78, 5) is 12.1. The molecule has 0 radical (unpaired) electrons. The molecule has 1 aliphatic carbocycles. The van der Waals surface area contributed by atoms with Gasteiger partial charge in [-0.3, -0.25) is 4.79 Å². The molecule has 1 amide bonds. The number of amides is 1. The number of hydrogen-bond donors (Lipinski definition) is 3. The van der Waals surface area contributed by atoms with Crippen molar-refractivity contribution >= 4 is 11.6 Å². The van der Waals surface area contributed by atoms with E-state index in [4.69, 9.17) is 4.74 Å². The minimum absolute atomic E-state index is 0.0134. The Balaban J connectivity index is 1.56. The number of aryl methyl sites for hydroxylation is 1. The fourth-order valence-corrected chi connectivity index (χ4v) is 3.75. The van der Waals surface area contributed by atoms with Gasteiger partial charge in [0.25, 0.3) is 0 Å². The number of aliphatic hydroxyl groups is 1. The van der Waals surface area contributed by atoms with Crippen LogP contribution in [0.5, 0.6) is 5.75 Å². The number of fused-ring (bicyclic) bond motifs is 1. The van der Waals surface area contributed by atoms with Crippen LogP contribution in [0.3, 0.4) is 0 Å². The van der Waals surface area contributed by atoms with Crippen molar-refractivity contribution in [3.05, 3.63) is 23.3 Å². The summed E-state index contributed by atoms with van der Waals surface area (Å²) in [5.41, 5.74) is 2.28. The average Bonchev–Trinajstić information content (AvgIpc) is 2.83. The largest absolute Gasteiger partial charge is 0.491 e. The van der Waals surface area contributed by atoms with Crippen molar-refractivity contribution in [1.82, 2.24) is 5.32 Å². The van der Waals surface area contributed by atoms with Crippen molar-refractivity contribution in [2.75, 3.05) is 18.5 Å². The Hall–Kier alpha value is -1.59. The smallest absolute Gasteiger partial charge is 0.234 e. The van der Waals surface area contributed by atoms with E-state index in [9.17, 15) is 9.90 Å². The van der Waals surface area contributed by atoms with Gasteiger partial charge in [0, 0.05) is 18.3 Å². The topological polar surface area (TPSA) is 70.6 Å². The summed E-state index contributed by atoms with van der Waals surface area (Å²) in [5, 5.41) is 16.6. The van der Waals surface area contributed by atoms with Crippen LogP contribution in [0.2, 0.25) is 0 Å². The molecule has 0 aromatic heterocycles. The Morgan fingerprint density at radius 1 is 1.32 bits per heavy atom. The number of nitrogens with one attached hydrogen (secondary N) is 2. The lowest BCUT2D eigenvalue weighted by Crippen LogP contribution is -2.39. The first kappa shape index (κ1) is 18.2. The monoisotopic (exact) mass is 346 g/mol. The summed E-state index contributed by atoms with van der Waals surface area (Å²) in [6, 6.07) is 4.37. The summed E-state index contributed by atoms with van der Waals surface area (Å²) in [6.45, 7) is 6.61. The van der Waals surface area contributed by atoms with Gasteiger partial charge in [0.2, 0.25) is 5.91 Å². The standard InChI is InChI=1S/C20H30N2O3/c1-13-9-16(10-17-18(13)22-19(24)20(17,2)3)25-12-15(23)11-21-14-7-5-4-6-8-14/h9-10,14-15,21,23H,4-8,11-12H2,1-3H3,(H,22,24). The second-order valence-electron chi connectivity index (χ2n) is 7.95. The molecule has 0 spiro atoms. The minimum Gasteiger partial charge on any atom is -0.491 e. The van der Waals surface area contributed by atoms with E-state index >= 15 is 0 Å². The van der Waals surface area contributed by atoms with Crippen LogP contribution in [0, 0.1) is 6.92 Å². The molecule has 1 unspecified atom stereocenters. The van der Waals surface area contributed by atoms with Crippen molar-refractivity contribution in [1.29, 1.82) is 0 Å². The molecule has 1 aromatic rings. The third kappa shape index (κ3) is 3.98. The van der Waals surface area contributed by atoms with E-state index in [1.54, 1.807) is 0 Å². The molecule has 2 aliphatic rings. The molecule has 3 N–H and O–H groups in total. The zero-order chi connectivity index (χ0) is 18.0. The van der Waals surface area contributed by atoms with E-state index < -0.39 is 11.5 Å². The molecule has 1 aromatic carbocycles. The van der Waals surface area contributed by atoms with Crippen molar-refractivity contribution in [3.63, 3.8) is 0 Å². The first-order valence-corrected chi connectivity index (χ1v) is 9.39. The second kappa shape index (κ2) is 7.34. The number of ether oxygens (including phenoxy) is 1. The first-order valence-electron chi connectivity index (χ1n) is 9.39. The highest BCUT2D eigenvalue weighted by molar-refractivity contribution is 6.06. The van der Waals surface area contributed by atoms with E-state index in [1.165, 1.54) is 32.1 Å². The molecule has 1 heterocycles. The molecular formula is C20H30N2O3. The van der Waals surface area contributed by atoms with E-state index in [2.05, 4.69) is 10.6 Å². The highest BCUT2D eigenvalue weighted by Gasteiger charge is 2.39. The van der Waals surface area contributed by atoms with E-state index in [0.29, 0.717) is 18.3 Å². The number of aliphatic hydroxyl groups excluding tert-OH is 1. The van der Waals surface area contributed by atoms with Crippen LogP contribution < -0.4 is 15.4 Å². The van der Waals surface area contributed by atoms with Gasteiger partial charge in [-0.2, -0.15) is 0 Å². The number of hydrogen-bond acceptors (Lipinski definition) is 4. The third-order valence-corrected chi connectivity index (χ3v) is 5.48. The number of carbonyl (C=O) groups is 1. The van der Waals surface area contributed by atoms with Crippen molar-refractivity contribution < 1.29 is 14.6 Å². The molecule has 5 nitrogen and oxygen atoms in total.